The second-order valence-electron chi connectivity index (χ2n) is 4.85. The van der Waals surface area contributed by atoms with Crippen molar-refractivity contribution in [3.05, 3.63) is 29.8 Å². The highest BCUT2D eigenvalue weighted by Crippen LogP contribution is 2.21. The fourth-order valence-corrected chi connectivity index (χ4v) is 2.37. The number of ether oxygens (including phenoxy) is 1. The molecule has 1 aromatic carbocycles. The predicted octanol–water partition coefficient (Wildman–Crippen LogP) is 2.07. The number of rotatable bonds is 4. The lowest BCUT2D eigenvalue weighted by molar-refractivity contribution is 0.0697. The van der Waals surface area contributed by atoms with Gasteiger partial charge in [0.25, 0.3) is 0 Å². The molecule has 1 aliphatic carbocycles. The molecule has 20 heavy (non-hydrogen) atoms. The summed E-state index contributed by atoms with van der Waals surface area (Å²) in [7, 11) is 1.67. The largest absolute Gasteiger partial charge is 0.478 e. The first-order valence-corrected chi connectivity index (χ1v) is 6.52. The van der Waals surface area contributed by atoms with Crippen LogP contribution in [0.2, 0.25) is 0 Å². The van der Waals surface area contributed by atoms with E-state index in [4.69, 9.17) is 9.84 Å². The van der Waals surface area contributed by atoms with Gasteiger partial charge in [0, 0.05) is 18.8 Å². The van der Waals surface area contributed by atoms with Gasteiger partial charge in [-0.05, 0) is 37.5 Å². The normalized spacial score (nSPS) is 21.4. The van der Waals surface area contributed by atoms with E-state index in [-0.39, 0.29) is 23.7 Å². The molecule has 2 atom stereocenters. The summed E-state index contributed by atoms with van der Waals surface area (Å²) < 4.78 is 5.25. The molecule has 6 nitrogen and oxygen atoms in total. The van der Waals surface area contributed by atoms with Crippen LogP contribution in [0.4, 0.5) is 10.5 Å². The van der Waals surface area contributed by atoms with Crippen LogP contribution in [0.5, 0.6) is 0 Å². The predicted molar refractivity (Wildman–Crippen MR) is 74.0 cm³/mol. The number of anilines is 1. The Morgan fingerprint density at radius 3 is 2.80 bits per heavy atom. The van der Waals surface area contributed by atoms with Gasteiger partial charge in [-0.3, -0.25) is 0 Å². The van der Waals surface area contributed by atoms with Gasteiger partial charge in [0.1, 0.15) is 0 Å². The molecule has 0 aromatic heterocycles. The van der Waals surface area contributed by atoms with Gasteiger partial charge in [-0.2, -0.15) is 0 Å². The second-order valence-corrected chi connectivity index (χ2v) is 4.85. The van der Waals surface area contributed by atoms with Crippen LogP contribution < -0.4 is 10.6 Å². The number of carboxylic acids is 1. The summed E-state index contributed by atoms with van der Waals surface area (Å²) in [6.45, 7) is 0. The first-order valence-electron chi connectivity index (χ1n) is 6.52. The smallest absolute Gasteiger partial charge is 0.335 e. The molecule has 1 saturated carbocycles. The Balaban J connectivity index is 1.88. The van der Waals surface area contributed by atoms with Crippen molar-refractivity contribution in [1.29, 1.82) is 0 Å². The number of carbonyl (C=O) groups excluding carboxylic acids is 1. The van der Waals surface area contributed by atoms with Crippen LogP contribution >= 0.6 is 0 Å². The number of carboxylic acid groups (broad SMARTS) is 1. The van der Waals surface area contributed by atoms with E-state index in [9.17, 15) is 9.59 Å². The van der Waals surface area contributed by atoms with Gasteiger partial charge in [0.15, 0.2) is 0 Å². The van der Waals surface area contributed by atoms with E-state index in [1.54, 1.807) is 19.2 Å². The molecule has 0 saturated heterocycles. The maximum Gasteiger partial charge on any atom is 0.335 e. The lowest BCUT2D eigenvalue weighted by Gasteiger charge is -2.14. The zero-order valence-electron chi connectivity index (χ0n) is 11.3. The molecule has 0 heterocycles. The summed E-state index contributed by atoms with van der Waals surface area (Å²) in [5, 5.41) is 14.4. The molecule has 2 unspecified atom stereocenters. The number of urea groups is 1. The van der Waals surface area contributed by atoms with E-state index in [2.05, 4.69) is 10.6 Å². The van der Waals surface area contributed by atoms with Crippen molar-refractivity contribution < 1.29 is 19.4 Å². The molecule has 0 spiro atoms. The lowest BCUT2D eigenvalue weighted by atomic mass is 10.2. The van der Waals surface area contributed by atoms with E-state index >= 15 is 0 Å². The first-order chi connectivity index (χ1) is 9.58. The third-order valence-electron chi connectivity index (χ3n) is 3.42. The van der Waals surface area contributed by atoms with Gasteiger partial charge < -0.3 is 20.5 Å². The number of hydrogen-bond acceptors (Lipinski definition) is 3. The number of hydrogen-bond donors (Lipinski definition) is 3. The minimum Gasteiger partial charge on any atom is -0.478 e. The van der Waals surface area contributed by atoms with E-state index in [1.165, 1.54) is 12.1 Å². The van der Waals surface area contributed by atoms with Gasteiger partial charge in [-0.15, -0.1) is 0 Å². The molecule has 2 amide bonds. The topological polar surface area (TPSA) is 87.7 Å². The summed E-state index contributed by atoms with van der Waals surface area (Å²) in [5.41, 5.74) is 0.604. The molecule has 108 valence electrons. The molecule has 2 rings (SSSR count). The van der Waals surface area contributed by atoms with Crippen molar-refractivity contribution in [2.75, 3.05) is 12.4 Å². The monoisotopic (exact) mass is 278 g/mol. The van der Waals surface area contributed by atoms with Crippen LogP contribution in [0.3, 0.4) is 0 Å². The zero-order valence-corrected chi connectivity index (χ0v) is 11.3. The van der Waals surface area contributed by atoms with Crippen LogP contribution in [0, 0.1) is 0 Å². The van der Waals surface area contributed by atoms with Crippen molar-refractivity contribution in [2.45, 2.75) is 31.4 Å². The SMILES string of the molecule is COC1CCC(NC(=O)Nc2cccc(C(=O)O)c2)C1. The number of aromatic carboxylic acids is 1. The van der Waals surface area contributed by atoms with Crippen LogP contribution in [-0.4, -0.2) is 36.4 Å². The highest BCUT2D eigenvalue weighted by Gasteiger charge is 2.25. The summed E-state index contributed by atoms with van der Waals surface area (Å²) in [4.78, 5) is 22.7. The molecule has 0 radical (unpaired) electrons. The molecular formula is C14H18N2O4. The number of methoxy groups -OCH3 is 1. The summed E-state index contributed by atoms with van der Waals surface area (Å²) in [5.74, 6) is -1.02. The van der Waals surface area contributed by atoms with Gasteiger partial charge in [-0.1, -0.05) is 6.07 Å². The first kappa shape index (κ1) is 14.3. The average molecular weight is 278 g/mol. The number of nitrogens with one attached hydrogen (secondary N) is 2. The van der Waals surface area contributed by atoms with Crippen molar-refractivity contribution >= 4 is 17.7 Å². The summed E-state index contributed by atoms with van der Waals surface area (Å²) in [6, 6.07) is 5.92. The number of carbonyl (C=O) groups is 2. The van der Waals surface area contributed by atoms with E-state index in [0.29, 0.717) is 5.69 Å². The van der Waals surface area contributed by atoms with E-state index < -0.39 is 5.97 Å². The zero-order chi connectivity index (χ0) is 14.5. The third-order valence-corrected chi connectivity index (χ3v) is 3.42. The van der Waals surface area contributed by atoms with Crippen LogP contribution in [-0.2, 0) is 4.74 Å². The maximum atomic E-state index is 11.8. The highest BCUT2D eigenvalue weighted by atomic mass is 16.5. The Hall–Kier alpha value is -2.08. The van der Waals surface area contributed by atoms with Gasteiger partial charge in [0.05, 0.1) is 11.7 Å². The fraction of sp³-hybridized carbons (Fsp3) is 0.429. The van der Waals surface area contributed by atoms with Crippen molar-refractivity contribution in [1.82, 2.24) is 5.32 Å². The minimum atomic E-state index is -1.02. The van der Waals surface area contributed by atoms with E-state index in [1.807, 2.05) is 0 Å². The lowest BCUT2D eigenvalue weighted by Crippen LogP contribution is -2.36. The number of benzene rings is 1. The molecule has 0 bridgehead atoms. The Morgan fingerprint density at radius 2 is 2.15 bits per heavy atom. The van der Waals surface area contributed by atoms with Crippen molar-refractivity contribution in [3.8, 4) is 0 Å². The van der Waals surface area contributed by atoms with Crippen molar-refractivity contribution in [2.24, 2.45) is 0 Å². The molecule has 1 fully saturated rings. The quantitative estimate of drug-likeness (QED) is 0.786. The molecule has 1 aliphatic rings. The van der Waals surface area contributed by atoms with Gasteiger partial charge >= 0.3 is 12.0 Å². The molecule has 1 aromatic rings. The minimum absolute atomic E-state index is 0.0996. The fourth-order valence-electron chi connectivity index (χ4n) is 2.37. The Morgan fingerprint density at radius 1 is 1.35 bits per heavy atom. The third kappa shape index (κ3) is 3.71. The Kier molecular flexibility index (Phi) is 4.57. The van der Waals surface area contributed by atoms with Crippen LogP contribution in [0.15, 0.2) is 24.3 Å². The van der Waals surface area contributed by atoms with Crippen LogP contribution in [0.1, 0.15) is 29.6 Å². The molecule has 0 aliphatic heterocycles. The molecule has 3 N–H and O–H groups in total. The van der Waals surface area contributed by atoms with Crippen molar-refractivity contribution in [3.63, 3.8) is 0 Å². The van der Waals surface area contributed by atoms with Gasteiger partial charge in [0.2, 0.25) is 0 Å². The second kappa shape index (κ2) is 6.38. The molecule has 6 heteroatoms. The summed E-state index contributed by atoms with van der Waals surface area (Å²) in [6.07, 6.45) is 2.84. The summed E-state index contributed by atoms with van der Waals surface area (Å²) >= 11 is 0. The molecular weight excluding hydrogens is 260 g/mol. The van der Waals surface area contributed by atoms with E-state index in [0.717, 1.165) is 19.3 Å². The highest BCUT2D eigenvalue weighted by molar-refractivity contribution is 5.93. The van der Waals surface area contributed by atoms with Crippen LogP contribution in [0.25, 0.3) is 0 Å². The Labute approximate surface area is 117 Å². The maximum absolute atomic E-state index is 11.8. The van der Waals surface area contributed by atoms with Gasteiger partial charge in [-0.25, -0.2) is 9.59 Å². The Bertz CT molecular complexity index is 504. The average Bonchev–Trinajstić information content (AvgIpc) is 2.86. The number of amides is 2. The standard InChI is InChI=1S/C14H18N2O4/c1-20-12-6-5-11(8-12)16-14(19)15-10-4-2-3-9(7-10)13(17)18/h2-4,7,11-12H,5-6,8H2,1H3,(H,17,18)(H2,15,16,19).